The van der Waals surface area contributed by atoms with Crippen LogP contribution in [-0.4, -0.2) is 30.3 Å². The highest BCUT2D eigenvalue weighted by Gasteiger charge is 2.29. The van der Waals surface area contributed by atoms with E-state index in [1.54, 1.807) is 18.2 Å². The van der Waals surface area contributed by atoms with E-state index < -0.39 is 0 Å². The molecule has 7 heteroatoms. The Morgan fingerprint density at radius 3 is 2.37 bits per heavy atom. The van der Waals surface area contributed by atoms with Crippen molar-refractivity contribution in [2.45, 2.75) is 58.3 Å². The standard InChI is InChI=1S/C20H29N3O3S/c1-6-8-9-13-20(3,7-2)18-22-23-19(27-18)21-17(24)16-14(25-4)11-10-12-15(16)26-5/h10-12H,6-9,13H2,1-5H3,(H,21,23,24). The number of methoxy groups -OCH3 is 2. The number of aromatic nitrogens is 2. The van der Waals surface area contributed by atoms with Crippen LogP contribution < -0.4 is 14.8 Å². The van der Waals surface area contributed by atoms with Crippen LogP contribution in [0.2, 0.25) is 0 Å². The van der Waals surface area contributed by atoms with E-state index in [4.69, 9.17) is 9.47 Å². The zero-order valence-electron chi connectivity index (χ0n) is 16.8. The van der Waals surface area contributed by atoms with Gasteiger partial charge in [0, 0.05) is 5.41 Å². The Morgan fingerprint density at radius 2 is 1.81 bits per heavy atom. The summed E-state index contributed by atoms with van der Waals surface area (Å²) in [6, 6.07) is 5.23. The molecule has 0 aliphatic heterocycles. The van der Waals surface area contributed by atoms with Crippen LogP contribution in [0.3, 0.4) is 0 Å². The maximum absolute atomic E-state index is 12.8. The van der Waals surface area contributed by atoms with Crippen LogP contribution in [0.5, 0.6) is 11.5 Å². The molecular weight excluding hydrogens is 362 g/mol. The molecule has 27 heavy (non-hydrogen) atoms. The number of carbonyl (C=O) groups is 1. The summed E-state index contributed by atoms with van der Waals surface area (Å²) in [7, 11) is 3.05. The van der Waals surface area contributed by atoms with E-state index in [2.05, 4.69) is 36.3 Å². The van der Waals surface area contributed by atoms with E-state index in [-0.39, 0.29) is 11.3 Å². The van der Waals surface area contributed by atoms with Gasteiger partial charge in [-0.05, 0) is 25.0 Å². The Hall–Kier alpha value is -2.15. The molecule has 0 spiro atoms. The molecule has 2 aromatic rings. The fourth-order valence-corrected chi connectivity index (χ4v) is 3.94. The molecule has 0 bridgehead atoms. The van der Waals surface area contributed by atoms with Gasteiger partial charge in [-0.3, -0.25) is 10.1 Å². The van der Waals surface area contributed by atoms with Gasteiger partial charge in [-0.1, -0.05) is 57.4 Å². The van der Waals surface area contributed by atoms with Crippen molar-refractivity contribution in [2.75, 3.05) is 19.5 Å². The van der Waals surface area contributed by atoms with Gasteiger partial charge in [0.05, 0.1) is 14.2 Å². The van der Waals surface area contributed by atoms with Crippen molar-refractivity contribution >= 4 is 22.4 Å². The summed E-state index contributed by atoms with van der Waals surface area (Å²) in [4.78, 5) is 12.8. The van der Waals surface area contributed by atoms with Crippen LogP contribution in [0.15, 0.2) is 18.2 Å². The van der Waals surface area contributed by atoms with Gasteiger partial charge in [0.15, 0.2) is 0 Å². The first-order chi connectivity index (χ1) is 13.0. The third kappa shape index (κ3) is 4.97. The summed E-state index contributed by atoms with van der Waals surface area (Å²) < 4.78 is 10.6. The third-order valence-electron chi connectivity index (χ3n) is 4.93. The Bertz CT molecular complexity index is 740. The van der Waals surface area contributed by atoms with Gasteiger partial charge in [-0.15, -0.1) is 10.2 Å². The quantitative estimate of drug-likeness (QED) is 0.573. The van der Waals surface area contributed by atoms with Crippen molar-refractivity contribution in [1.82, 2.24) is 10.2 Å². The number of rotatable bonds is 10. The van der Waals surface area contributed by atoms with Gasteiger partial charge in [0.25, 0.3) is 5.91 Å². The Labute approximate surface area is 165 Å². The molecule has 1 unspecified atom stereocenters. The van der Waals surface area contributed by atoms with E-state index >= 15 is 0 Å². The first-order valence-electron chi connectivity index (χ1n) is 9.35. The number of ether oxygens (including phenoxy) is 2. The van der Waals surface area contributed by atoms with Crippen molar-refractivity contribution in [3.8, 4) is 11.5 Å². The molecule has 1 N–H and O–H groups in total. The van der Waals surface area contributed by atoms with Gasteiger partial charge in [0.2, 0.25) is 5.13 Å². The van der Waals surface area contributed by atoms with Gasteiger partial charge >= 0.3 is 0 Å². The average molecular weight is 392 g/mol. The Balaban J connectivity index is 2.19. The van der Waals surface area contributed by atoms with Gasteiger partial charge in [0.1, 0.15) is 22.1 Å². The lowest BCUT2D eigenvalue weighted by Gasteiger charge is -2.24. The molecule has 6 nitrogen and oxygen atoms in total. The Morgan fingerprint density at radius 1 is 1.15 bits per heavy atom. The van der Waals surface area contributed by atoms with Gasteiger partial charge in [-0.25, -0.2) is 0 Å². The first kappa shape index (κ1) is 21.2. The number of carbonyl (C=O) groups excluding carboxylic acids is 1. The molecule has 1 amide bonds. The summed E-state index contributed by atoms with van der Waals surface area (Å²) in [5.74, 6) is 0.584. The molecule has 1 heterocycles. The number of unbranched alkanes of at least 4 members (excludes halogenated alkanes) is 2. The highest BCUT2D eigenvalue weighted by Crippen LogP contribution is 2.37. The van der Waals surface area contributed by atoms with E-state index in [1.165, 1.54) is 44.8 Å². The van der Waals surface area contributed by atoms with E-state index in [9.17, 15) is 4.79 Å². The predicted molar refractivity (Wildman–Crippen MR) is 109 cm³/mol. The normalized spacial score (nSPS) is 13.1. The van der Waals surface area contributed by atoms with Crippen LogP contribution in [0.25, 0.3) is 0 Å². The summed E-state index contributed by atoms with van der Waals surface area (Å²) in [5.41, 5.74) is 0.332. The number of amides is 1. The molecule has 0 aliphatic carbocycles. The van der Waals surface area contributed by atoms with Crippen molar-refractivity contribution < 1.29 is 14.3 Å². The number of nitrogens with one attached hydrogen (secondary N) is 1. The largest absolute Gasteiger partial charge is 0.496 e. The first-order valence-corrected chi connectivity index (χ1v) is 10.2. The van der Waals surface area contributed by atoms with Crippen LogP contribution in [0, 0.1) is 0 Å². The molecule has 1 aromatic heterocycles. The molecule has 0 fully saturated rings. The maximum atomic E-state index is 12.8. The second kappa shape index (κ2) is 9.69. The zero-order chi connectivity index (χ0) is 19.9. The number of benzene rings is 1. The van der Waals surface area contributed by atoms with Crippen LogP contribution >= 0.6 is 11.3 Å². The second-order valence-electron chi connectivity index (χ2n) is 6.78. The van der Waals surface area contributed by atoms with E-state index in [1.807, 2.05) is 0 Å². The zero-order valence-corrected chi connectivity index (χ0v) is 17.6. The monoisotopic (exact) mass is 391 g/mol. The summed E-state index contributed by atoms with van der Waals surface area (Å²) in [5, 5.41) is 12.8. The highest BCUT2D eigenvalue weighted by molar-refractivity contribution is 7.15. The molecule has 148 valence electrons. The van der Waals surface area contributed by atoms with E-state index in [0.29, 0.717) is 22.2 Å². The topological polar surface area (TPSA) is 73.3 Å². The molecule has 0 saturated heterocycles. The van der Waals surface area contributed by atoms with Gasteiger partial charge < -0.3 is 9.47 Å². The van der Waals surface area contributed by atoms with Gasteiger partial charge in [-0.2, -0.15) is 0 Å². The van der Waals surface area contributed by atoms with Crippen molar-refractivity contribution in [2.24, 2.45) is 0 Å². The lowest BCUT2D eigenvalue weighted by atomic mass is 9.83. The minimum atomic E-state index is -0.323. The predicted octanol–water partition coefficient (Wildman–Crippen LogP) is 5.06. The number of nitrogens with zero attached hydrogens (tertiary/aromatic N) is 2. The molecule has 1 aromatic carbocycles. The lowest BCUT2D eigenvalue weighted by molar-refractivity contribution is 0.102. The summed E-state index contributed by atoms with van der Waals surface area (Å²) >= 11 is 1.44. The maximum Gasteiger partial charge on any atom is 0.265 e. The van der Waals surface area contributed by atoms with Crippen LogP contribution in [-0.2, 0) is 5.41 Å². The smallest absolute Gasteiger partial charge is 0.265 e. The van der Waals surface area contributed by atoms with Crippen LogP contribution in [0.4, 0.5) is 5.13 Å². The molecule has 0 aliphatic rings. The summed E-state index contributed by atoms with van der Waals surface area (Å²) in [6.07, 6.45) is 5.63. The fraction of sp³-hybridized carbons (Fsp3) is 0.550. The molecular formula is C20H29N3O3S. The Kier molecular flexibility index (Phi) is 7.59. The SMILES string of the molecule is CCCCCC(C)(CC)c1nnc(NC(=O)c2c(OC)cccc2OC)s1. The number of anilines is 1. The van der Waals surface area contributed by atoms with Crippen molar-refractivity contribution in [3.63, 3.8) is 0 Å². The third-order valence-corrected chi connectivity index (χ3v) is 6.07. The van der Waals surface area contributed by atoms with Crippen LogP contribution in [0.1, 0.15) is 68.2 Å². The number of hydrogen-bond acceptors (Lipinski definition) is 6. The average Bonchev–Trinajstić information content (AvgIpc) is 3.16. The van der Waals surface area contributed by atoms with Crippen molar-refractivity contribution in [1.29, 1.82) is 0 Å². The van der Waals surface area contributed by atoms with Crippen molar-refractivity contribution in [3.05, 3.63) is 28.8 Å². The fourth-order valence-electron chi connectivity index (χ4n) is 2.95. The number of hydrogen-bond donors (Lipinski definition) is 1. The van der Waals surface area contributed by atoms with E-state index in [0.717, 1.165) is 17.8 Å². The molecule has 2 rings (SSSR count). The second-order valence-corrected chi connectivity index (χ2v) is 7.75. The highest BCUT2D eigenvalue weighted by atomic mass is 32.1. The minimum absolute atomic E-state index is 0.0159. The minimum Gasteiger partial charge on any atom is -0.496 e. The molecule has 0 saturated carbocycles. The molecule has 0 radical (unpaired) electrons. The lowest BCUT2D eigenvalue weighted by Crippen LogP contribution is -2.20. The molecule has 1 atom stereocenters. The summed E-state index contributed by atoms with van der Waals surface area (Å²) in [6.45, 7) is 6.59.